The summed E-state index contributed by atoms with van der Waals surface area (Å²) in [5.74, 6) is 2.43. The van der Waals surface area contributed by atoms with Crippen molar-refractivity contribution in [2.45, 2.75) is 56.3 Å². The minimum Gasteiger partial charge on any atom is -0.492 e. The second-order valence-electron chi connectivity index (χ2n) is 9.54. The Kier molecular flexibility index (Phi) is 5.92. The molecule has 1 aliphatic carbocycles. The van der Waals surface area contributed by atoms with Gasteiger partial charge >= 0.3 is 0 Å². The topological polar surface area (TPSA) is 85.8 Å². The fourth-order valence-corrected chi connectivity index (χ4v) is 5.42. The number of nitrogens with zero attached hydrogens (tertiary/aromatic N) is 4. The number of likely N-dealkylation sites (N-methyl/N-ethyl adjacent to an activating group) is 1. The molecule has 1 saturated heterocycles. The van der Waals surface area contributed by atoms with Crippen LogP contribution in [0.15, 0.2) is 30.5 Å². The Hall–Kier alpha value is -2.42. The molecule has 2 unspecified atom stereocenters. The number of hydrogen-bond acceptors (Lipinski definition) is 8. The minimum atomic E-state index is -0.534. The lowest BCUT2D eigenvalue weighted by atomic mass is 9.90. The van der Waals surface area contributed by atoms with Gasteiger partial charge in [0.2, 0.25) is 5.95 Å². The molecule has 32 heavy (non-hydrogen) atoms. The molecule has 3 aliphatic rings. The fraction of sp³-hybridized carbons (Fsp3) is 0.583. The molecule has 1 saturated carbocycles. The summed E-state index contributed by atoms with van der Waals surface area (Å²) in [6, 6.07) is 8.34. The van der Waals surface area contributed by atoms with Gasteiger partial charge in [0, 0.05) is 36.5 Å². The van der Waals surface area contributed by atoms with Gasteiger partial charge in [-0.2, -0.15) is 4.98 Å². The first-order valence-electron chi connectivity index (χ1n) is 11.8. The van der Waals surface area contributed by atoms with Gasteiger partial charge in [0.1, 0.15) is 24.4 Å². The number of ether oxygens (including phenoxy) is 1. The molecule has 2 aromatic rings. The number of hydrogen-bond donors (Lipinski definition) is 3. The highest BCUT2D eigenvalue weighted by atomic mass is 16.5. The highest BCUT2D eigenvalue weighted by Crippen LogP contribution is 2.47. The summed E-state index contributed by atoms with van der Waals surface area (Å²) in [5.41, 5.74) is 1.76. The lowest BCUT2D eigenvalue weighted by molar-refractivity contribution is 0.0857. The van der Waals surface area contributed by atoms with Crippen molar-refractivity contribution in [2.24, 2.45) is 0 Å². The molecule has 2 aliphatic heterocycles. The van der Waals surface area contributed by atoms with Crippen molar-refractivity contribution >= 4 is 17.5 Å². The van der Waals surface area contributed by atoms with E-state index in [0.717, 1.165) is 61.6 Å². The second-order valence-corrected chi connectivity index (χ2v) is 9.54. The summed E-state index contributed by atoms with van der Waals surface area (Å²) >= 11 is 0. The van der Waals surface area contributed by atoms with Crippen molar-refractivity contribution in [3.63, 3.8) is 0 Å². The predicted molar refractivity (Wildman–Crippen MR) is 126 cm³/mol. The molecule has 0 amide bonds. The maximum absolute atomic E-state index is 10.9. The average molecular weight is 439 g/mol. The Labute approximate surface area is 190 Å². The molecular formula is C24H34N6O2. The van der Waals surface area contributed by atoms with E-state index in [2.05, 4.69) is 25.4 Å². The fourth-order valence-electron chi connectivity index (χ4n) is 5.42. The van der Waals surface area contributed by atoms with Gasteiger partial charge in [-0.05, 0) is 64.2 Å². The zero-order valence-electron chi connectivity index (χ0n) is 19.0. The zero-order valence-corrected chi connectivity index (χ0v) is 19.0. The molecule has 2 fully saturated rings. The van der Waals surface area contributed by atoms with Crippen LogP contribution in [0.1, 0.15) is 37.7 Å². The number of aromatic nitrogens is 2. The molecule has 1 aromatic carbocycles. The van der Waals surface area contributed by atoms with Crippen molar-refractivity contribution in [1.82, 2.24) is 20.2 Å². The summed E-state index contributed by atoms with van der Waals surface area (Å²) in [6.45, 7) is 2.37. The van der Waals surface area contributed by atoms with Crippen molar-refractivity contribution in [1.29, 1.82) is 0 Å². The second kappa shape index (κ2) is 8.84. The van der Waals surface area contributed by atoms with Gasteiger partial charge in [-0.15, -0.1) is 0 Å². The minimum absolute atomic E-state index is 0.295. The highest BCUT2D eigenvalue weighted by Gasteiger charge is 2.54. The van der Waals surface area contributed by atoms with Crippen LogP contribution in [0.3, 0.4) is 0 Å². The number of aliphatic hydroxyl groups is 1. The van der Waals surface area contributed by atoms with Gasteiger partial charge < -0.3 is 25.0 Å². The van der Waals surface area contributed by atoms with Crippen molar-refractivity contribution in [3.05, 3.63) is 36.0 Å². The summed E-state index contributed by atoms with van der Waals surface area (Å²) in [7, 11) is 4.07. The van der Waals surface area contributed by atoms with E-state index in [9.17, 15) is 5.11 Å². The molecule has 8 nitrogen and oxygen atoms in total. The van der Waals surface area contributed by atoms with E-state index in [1.54, 1.807) is 0 Å². The lowest BCUT2D eigenvalue weighted by Gasteiger charge is -2.42. The van der Waals surface area contributed by atoms with Crippen LogP contribution in [0.4, 0.5) is 17.5 Å². The van der Waals surface area contributed by atoms with Gasteiger partial charge in [-0.3, -0.25) is 5.32 Å². The summed E-state index contributed by atoms with van der Waals surface area (Å²) in [4.78, 5) is 14.1. The van der Waals surface area contributed by atoms with E-state index in [0.29, 0.717) is 18.6 Å². The van der Waals surface area contributed by atoms with E-state index >= 15 is 0 Å². The van der Waals surface area contributed by atoms with E-state index in [1.807, 2.05) is 44.6 Å². The molecule has 3 heterocycles. The molecular weight excluding hydrogens is 404 g/mol. The third-order valence-electron chi connectivity index (χ3n) is 7.06. The van der Waals surface area contributed by atoms with Crippen molar-refractivity contribution in [3.8, 4) is 5.75 Å². The van der Waals surface area contributed by atoms with Gasteiger partial charge in [-0.25, -0.2) is 4.98 Å². The number of rotatable bonds is 7. The molecule has 8 heteroatoms. The Morgan fingerprint density at radius 1 is 1.25 bits per heavy atom. The maximum atomic E-state index is 10.9. The van der Waals surface area contributed by atoms with E-state index in [-0.39, 0.29) is 5.54 Å². The Morgan fingerprint density at radius 3 is 2.72 bits per heavy atom. The molecule has 0 radical (unpaired) electrons. The van der Waals surface area contributed by atoms with Crippen LogP contribution in [0.5, 0.6) is 5.75 Å². The van der Waals surface area contributed by atoms with Crippen LogP contribution >= 0.6 is 0 Å². The van der Waals surface area contributed by atoms with Crippen molar-refractivity contribution in [2.75, 3.05) is 44.0 Å². The Balaban J connectivity index is 1.34. The number of anilines is 3. The number of benzene rings is 1. The predicted octanol–water partition coefficient (Wildman–Crippen LogP) is 2.52. The molecule has 0 bridgehead atoms. The molecule has 2 atom stereocenters. The molecule has 1 aromatic heterocycles. The Bertz CT molecular complexity index is 931. The Morgan fingerprint density at radius 2 is 2.03 bits per heavy atom. The first kappa shape index (κ1) is 21.4. The summed E-state index contributed by atoms with van der Waals surface area (Å²) in [6.07, 6.45) is 7.95. The van der Waals surface area contributed by atoms with E-state index < -0.39 is 6.23 Å². The van der Waals surface area contributed by atoms with Crippen LogP contribution in [-0.2, 0) is 6.42 Å². The van der Waals surface area contributed by atoms with E-state index in [4.69, 9.17) is 9.72 Å². The van der Waals surface area contributed by atoms with Gasteiger partial charge in [0.05, 0.1) is 5.54 Å². The average Bonchev–Trinajstić information content (AvgIpc) is 3.49. The molecule has 3 N–H and O–H groups in total. The number of nitrogens with one attached hydrogen (secondary N) is 2. The molecule has 172 valence electrons. The number of aliphatic hydroxyl groups excluding tert-OH is 1. The van der Waals surface area contributed by atoms with Crippen LogP contribution in [0.25, 0.3) is 0 Å². The largest absolute Gasteiger partial charge is 0.492 e. The van der Waals surface area contributed by atoms with Crippen molar-refractivity contribution < 1.29 is 9.84 Å². The smallest absolute Gasteiger partial charge is 0.229 e. The monoisotopic (exact) mass is 438 g/mol. The molecule has 1 spiro atoms. The molecule has 5 rings (SSSR count). The van der Waals surface area contributed by atoms with Crippen LogP contribution in [0, 0.1) is 0 Å². The maximum Gasteiger partial charge on any atom is 0.229 e. The third-order valence-corrected chi connectivity index (χ3v) is 7.06. The first-order valence-corrected chi connectivity index (χ1v) is 11.8. The standard InChI is InChI=1S/C24H34N6O2/c1-29(2)13-14-32-20-9-7-18(8-10-20)27-23-26-16-17-15-24(11-12-25-22(24)31)30(21(17)28-23)19-5-3-4-6-19/h7-10,16,19,22,25,31H,3-6,11-15H2,1-2H3,(H,26,27,28). The quantitative estimate of drug-likeness (QED) is 0.608. The van der Waals surface area contributed by atoms with E-state index in [1.165, 1.54) is 12.8 Å². The summed E-state index contributed by atoms with van der Waals surface area (Å²) < 4.78 is 5.78. The van der Waals surface area contributed by atoms with Gasteiger partial charge in [0.15, 0.2) is 0 Å². The first-order chi connectivity index (χ1) is 15.5. The lowest BCUT2D eigenvalue weighted by Crippen LogP contribution is -2.58. The number of fused-ring (bicyclic) bond motifs is 1. The normalized spacial score (nSPS) is 25.1. The van der Waals surface area contributed by atoms with Crippen LogP contribution in [-0.4, -0.2) is 71.6 Å². The van der Waals surface area contributed by atoms with Gasteiger partial charge in [-0.1, -0.05) is 12.8 Å². The third kappa shape index (κ3) is 4.02. The highest BCUT2D eigenvalue weighted by molar-refractivity contribution is 5.62. The van der Waals surface area contributed by atoms with Gasteiger partial charge in [0.25, 0.3) is 0 Å². The zero-order chi connectivity index (χ0) is 22.1. The van der Waals surface area contributed by atoms with Crippen LogP contribution < -0.4 is 20.3 Å². The van der Waals surface area contributed by atoms with Crippen LogP contribution in [0.2, 0.25) is 0 Å². The summed E-state index contributed by atoms with van der Waals surface area (Å²) in [5, 5.41) is 17.5. The SMILES string of the molecule is CN(C)CCOc1ccc(Nc2ncc3c(n2)N(C2CCCC2)C2(CCNC2O)C3)cc1.